The van der Waals surface area contributed by atoms with E-state index in [1.165, 1.54) is 0 Å². The molecule has 5 heteroatoms. The van der Waals surface area contributed by atoms with Crippen LogP contribution in [-0.2, 0) is 7.05 Å². The van der Waals surface area contributed by atoms with Crippen molar-refractivity contribution in [3.8, 4) is 11.3 Å². The van der Waals surface area contributed by atoms with Gasteiger partial charge in [0, 0.05) is 24.5 Å². The molecule has 0 unspecified atom stereocenters. The first kappa shape index (κ1) is 9.39. The quantitative estimate of drug-likeness (QED) is 0.598. The smallest absolute Gasteiger partial charge is 0.117 e. The average molecular weight is 202 g/mol. The average Bonchev–Trinajstić information content (AvgIpc) is 2.64. The lowest BCUT2D eigenvalue weighted by atomic mass is 10.1. The summed E-state index contributed by atoms with van der Waals surface area (Å²) in [6.45, 7) is 0. The number of benzene rings is 1. The molecule has 2 rings (SSSR count). The minimum absolute atomic E-state index is 0.368. The van der Waals surface area contributed by atoms with Crippen LogP contribution in [0.25, 0.3) is 11.3 Å². The molecule has 0 saturated carbocycles. The highest BCUT2D eigenvalue weighted by Crippen LogP contribution is 2.31. The van der Waals surface area contributed by atoms with E-state index in [1.807, 2.05) is 6.07 Å². The van der Waals surface area contributed by atoms with Crippen molar-refractivity contribution in [1.29, 1.82) is 0 Å². The fraction of sp³-hybridized carbons (Fsp3) is 0.100. The Labute approximate surface area is 86.5 Å². The highest BCUT2D eigenvalue weighted by atomic mass is 16.3. The maximum atomic E-state index is 10.6. The Bertz CT molecular complexity index is 504. The Morgan fingerprint density at radius 3 is 2.80 bits per heavy atom. The van der Waals surface area contributed by atoms with Gasteiger partial charge in [-0.05, 0) is 29.4 Å². The van der Waals surface area contributed by atoms with Crippen LogP contribution in [0.2, 0.25) is 0 Å². The van der Waals surface area contributed by atoms with Gasteiger partial charge in [-0.1, -0.05) is 0 Å². The second kappa shape index (κ2) is 3.53. The van der Waals surface area contributed by atoms with Gasteiger partial charge in [0.2, 0.25) is 0 Å². The zero-order valence-corrected chi connectivity index (χ0v) is 8.21. The van der Waals surface area contributed by atoms with Crippen LogP contribution in [0.4, 0.5) is 11.4 Å². The first-order chi connectivity index (χ1) is 7.22. The summed E-state index contributed by atoms with van der Waals surface area (Å²) in [5.74, 6) is 0. The van der Waals surface area contributed by atoms with Crippen molar-refractivity contribution in [3.05, 3.63) is 35.4 Å². The number of anilines is 1. The normalized spacial score (nSPS) is 10.2. The number of nitrogen functional groups attached to an aromatic ring is 1. The fourth-order valence-electron chi connectivity index (χ4n) is 1.48. The van der Waals surface area contributed by atoms with Crippen LogP contribution in [0.3, 0.4) is 0 Å². The summed E-state index contributed by atoms with van der Waals surface area (Å²) in [4.78, 5) is 10.6. The van der Waals surface area contributed by atoms with Gasteiger partial charge in [-0.25, -0.2) is 0 Å². The van der Waals surface area contributed by atoms with E-state index in [4.69, 9.17) is 5.73 Å². The predicted molar refractivity (Wildman–Crippen MR) is 58.5 cm³/mol. The van der Waals surface area contributed by atoms with Crippen molar-refractivity contribution in [2.24, 2.45) is 12.2 Å². The van der Waals surface area contributed by atoms with Crippen LogP contribution in [0, 0.1) is 4.91 Å². The molecule has 0 bridgehead atoms. The van der Waals surface area contributed by atoms with E-state index in [2.05, 4.69) is 10.3 Å². The number of nitrogens with two attached hydrogens (primary N) is 1. The zero-order valence-electron chi connectivity index (χ0n) is 8.21. The second-order valence-corrected chi connectivity index (χ2v) is 3.21. The summed E-state index contributed by atoms with van der Waals surface area (Å²) < 4.78 is 1.67. The molecule has 15 heavy (non-hydrogen) atoms. The first-order valence-electron chi connectivity index (χ1n) is 4.43. The zero-order chi connectivity index (χ0) is 10.8. The number of hydrogen-bond acceptors (Lipinski definition) is 4. The van der Waals surface area contributed by atoms with Gasteiger partial charge in [-0.2, -0.15) is 5.10 Å². The number of aromatic nitrogens is 2. The van der Waals surface area contributed by atoms with Crippen LogP contribution < -0.4 is 5.73 Å². The molecule has 1 heterocycles. The van der Waals surface area contributed by atoms with Gasteiger partial charge in [-0.3, -0.25) is 4.68 Å². The molecule has 1 aromatic heterocycles. The Kier molecular flexibility index (Phi) is 2.21. The van der Waals surface area contributed by atoms with Crippen molar-refractivity contribution in [2.75, 3.05) is 5.73 Å². The molecular weight excluding hydrogens is 192 g/mol. The van der Waals surface area contributed by atoms with Gasteiger partial charge in [-0.15, -0.1) is 4.91 Å². The SMILES string of the molecule is Cn1nccc1-c1cc(N)ccc1N=O. The highest BCUT2D eigenvalue weighted by Gasteiger charge is 2.09. The van der Waals surface area contributed by atoms with Crippen molar-refractivity contribution in [3.63, 3.8) is 0 Å². The van der Waals surface area contributed by atoms with Crippen LogP contribution >= 0.6 is 0 Å². The molecule has 2 aromatic rings. The number of nitroso groups, excluding NO2 is 1. The maximum absolute atomic E-state index is 10.6. The Morgan fingerprint density at radius 1 is 1.40 bits per heavy atom. The molecule has 0 aliphatic rings. The third-order valence-corrected chi connectivity index (χ3v) is 2.22. The van der Waals surface area contributed by atoms with Gasteiger partial charge < -0.3 is 5.73 Å². The minimum Gasteiger partial charge on any atom is -0.399 e. The molecule has 0 aliphatic carbocycles. The summed E-state index contributed by atoms with van der Waals surface area (Å²) in [6.07, 6.45) is 1.66. The molecule has 0 atom stereocenters. The summed E-state index contributed by atoms with van der Waals surface area (Å²) in [5, 5.41) is 6.99. The van der Waals surface area contributed by atoms with Gasteiger partial charge in [0.15, 0.2) is 0 Å². The van der Waals surface area contributed by atoms with Crippen molar-refractivity contribution < 1.29 is 0 Å². The van der Waals surface area contributed by atoms with E-state index in [0.29, 0.717) is 16.9 Å². The lowest BCUT2D eigenvalue weighted by molar-refractivity contribution is 0.776. The standard InChI is InChI=1S/C10H10N4O/c1-14-10(4-5-12-14)8-6-7(11)2-3-9(8)13-15/h2-6H,11H2,1H3. The molecule has 5 nitrogen and oxygen atoms in total. The molecule has 0 aliphatic heterocycles. The number of nitrogens with zero attached hydrogens (tertiary/aromatic N) is 3. The molecular formula is C10H10N4O. The van der Waals surface area contributed by atoms with Gasteiger partial charge in [0.05, 0.1) is 5.69 Å². The van der Waals surface area contributed by atoms with Crippen molar-refractivity contribution in [2.45, 2.75) is 0 Å². The Hall–Kier alpha value is -2.17. The first-order valence-corrected chi connectivity index (χ1v) is 4.43. The third-order valence-electron chi connectivity index (χ3n) is 2.22. The van der Waals surface area contributed by atoms with E-state index >= 15 is 0 Å². The molecule has 0 amide bonds. The largest absolute Gasteiger partial charge is 0.399 e. The molecule has 2 N–H and O–H groups in total. The molecule has 0 radical (unpaired) electrons. The van der Waals surface area contributed by atoms with Crippen LogP contribution in [0.15, 0.2) is 35.6 Å². The van der Waals surface area contributed by atoms with Crippen LogP contribution in [-0.4, -0.2) is 9.78 Å². The van der Waals surface area contributed by atoms with E-state index in [1.54, 1.807) is 36.1 Å². The Morgan fingerprint density at radius 2 is 2.20 bits per heavy atom. The summed E-state index contributed by atoms with van der Waals surface area (Å²) in [5.41, 5.74) is 8.14. The predicted octanol–water partition coefficient (Wildman–Crippen LogP) is 2.07. The Balaban J connectivity index is 2.65. The lowest BCUT2D eigenvalue weighted by Gasteiger charge is -2.05. The highest BCUT2D eigenvalue weighted by molar-refractivity contribution is 5.76. The third kappa shape index (κ3) is 1.59. The lowest BCUT2D eigenvalue weighted by Crippen LogP contribution is -1.94. The topological polar surface area (TPSA) is 73.3 Å². The molecule has 0 fully saturated rings. The van der Waals surface area contributed by atoms with E-state index < -0.39 is 0 Å². The minimum atomic E-state index is 0.368. The number of rotatable bonds is 2. The molecule has 0 saturated heterocycles. The van der Waals surface area contributed by atoms with Gasteiger partial charge in [0.25, 0.3) is 0 Å². The maximum Gasteiger partial charge on any atom is 0.117 e. The van der Waals surface area contributed by atoms with Crippen molar-refractivity contribution in [1.82, 2.24) is 9.78 Å². The fourth-order valence-corrected chi connectivity index (χ4v) is 1.48. The molecule has 0 spiro atoms. The molecule has 1 aromatic carbocycles. The van der Waals surface area contributed by atoms with Gasteiger partial charge >= 0.3 is 0 Å². The summed E-state index contributed by atoms with van der Waals surface area (Å²) in [6, 6.07) is 6.78. The van der Waals surface area contributed by atoms with Crippen molar-refractivity contribution >= 4 is 11.4 Å². The van der Waals surface area contributed by atoms with E-state index in [9.17, 15) is 4.91 Å². The van der Waals surface area contributed by atoms with E-state index in [0.717, 1.165) is 5.69 Å². The van der Waals surface area contributed by atoms with Gasteiger partial charge in [0.1, 0.15) is 5.69 Å². The monoisotopic (exact) mass is 202 g/mol. The van der Waals surface area contributed by atoms with Crippen LogP contribution in [0.1, 0.15) is 0 Å². The summed E-state index contributed by atoms with van der Waals surface area (Å²) in [7, 11) is 1.80. The number of aryl methyl sites for hydroxylation is 1. The molecule has 76 valence electrons. The second-order valence-electron chi connectivity index (χ2n) is 3.21. The van der Waals surface area contributed by atoms with Crippen LogP contribution in [0.5, 0.6) is 0 Å². The summed E-state index contributed by atoms with van der Waals surface area (Å²) >= 11 is 0. The van der Waals surface area contributed by atoms with E-state index in [-0.39, 0.29) is 0 Å². The number of hydrogen-bond donors (Lipinski definition) is 1.